The third-order valence-corrected chi connectivity index (χ3v) is 3.73. The summed E-state index contributed by atoms with van der Waals surface area (Å²) in [7, 11) is 1.93. The van der Waals surface area contributed by atoms with Gasteiger partial charge >= 0.3 is 0 Å². The molecular weight excluding hydrogens is 228 g/mol. The summed E-state index contributed by atoms with van der Waals surface area (Å²) in [5.41, 5.74) is 3.23. The second kappa shape index (κ2) is 6.16. The minimum Gasteiger partial charge on any atom is -0.379 e. The summed E-state index contributed by atoms with van der Waals surface area (Å²) < 4.78 is 7.26. The molecule has 4 nitrogen and oxygen atoms in total. The first-order valence-electron chi connectivity index (χ1n) is 6.62. The minimum absolute atomic E-state index is 0.802. The summed E-state index contributed by atoms with van der Waals surface area (Å²) >= 11 is 0. The maximum absolute atomic E-state index is 10.9. The Kier molecular flexibility index (Phi) is 4.55. The van der Waals surface area contributed by atoms with Gasteiger partial charge in [-0.2, -0.15) is 0 Å². The van der Waals surface area contributed by atoms with Crippen LogP contribution in [0.1, 0.15) is 28.0 Å². The lowest BCUT2D eigenvalue weighted by Gasteiger charge is -2.26. The van der Waals surface area contributed by atoms with Crippen molar-refractivity contribution in [1.82, 2.24) is 9.47 Å². The van der Waals surface area contributed by atoms with Crippen LogP contribution in [0.15, 0.2) is 6.20 Å². The first-order valence-corrected chi connectivity index (χ1v) is 6.62. The van der Waals surface area contributed by atoms with E-state index in [2.05, 4.69) is 11.1 Å². The van der Waals surface area contributed by atoms with E-state index in [1.807, 2.05) is 18.5 Å². The fourth-order valence-electron chi connectivity index (χ4n) is 2.57. The normalized spacial score (nSPS) is 17.0. The van der Waals surface area contributed by atoms with Crippen molar-refractivity contribution in [2.75, 3.05) is 32.8 Å². The predicted molar refractivity (Wildman–Crippen MR) is 71.1 cm³/mol. The zero-order valence-electron chi connectivity index (χ0n) is 11.3. The van der Waals surface area contributed by atoms with Gasteiger partial charge in [0.05, 0.1) is 18.9 Å². The molecule has 0 amide bonds. The number of carbonyl (C=O) groups excluding carboxylic acids is 1. The lowest BCUT2D eigenvalue weighted by Crippen LogP contribution is -2.36. The van der Waals surface area contributed by atoms with Gasteiger partial charge in [-0.15, -0.1) is 0 Å². The maximum Gasteiger partial charge on any atom is 0.166 e. The average Bonchev–Trinajstić information content (AvgIpc) is 2.65. The van der Waals surface area contributed by atoms with E-state index in [1.165, 1.54) is 5.56 Å². The SMILES string of the molecule is Cc1c(CCCN2CCOCC2)cn(C)c1C=O. The van der Waals surface area contributed by atoms with Crippen LogP contribution in [0.5, 0.6) is 0 Å². The van der Waals surface area contributed by atoms with E-state index in [9.17, 15) is 4.79 Å². The molecule has 1 aromatic rings. The number of aldehydes is 1. The van der Waals surface area contributed by atoms with Crippen molar-refractivity contribution in [3.8, 4) is 0 Å². The lowest BCUT2D eigenvalue weighted by molar-refractivity contribution is 0.0374. The van der Waals surface area contributed by atoms with Gasteiger partial charge in [-0.3, -0.25) is 9.69 Å². The van der Waals surface area contributed by atoms with Gasteiger partial charge in [-0.05, 0) is 37.4 Å². The molecule has 18 heavy (non-hydrogen) atoms. The van der Waals surface area contributed by atoms with Crippen LogP contribution < -0.4 is 0 Å². The van der Waals surface area contributed by atoms with Gasteiger partial charge < -0.3 is 9.30 Å². The number of morpholine rings is 1. The average molecular weight is 250 g/mol. The first-order chi connectivity index (χ1) is 8.72. The van der Waals surface area contributed by atoms with Crippen LogP contribution in [0.3, 0.4) is 0 Å². The van der Waals surface area contributed by atoms with E-state index < -0.39 is 0 Å². The Morgan fingerprint density at radius 2 is 2.11 bits per heavy atom. The van der Waals surface area contributed by atoms with Crippen molar-refractivity contribution in [1.29, 1.82) is 0 Å². The Hall–Kier alpha value is -1.13. The molecule has 0 aliphatic carbocycles. The van der Waals surface area contributed by atoms with Gasteiger partial charge in [-0.25, -0.2) is 0 Å². The summed E-state index contributed by atoms with van der Waals surface area (Å²) in [6.07, 6.45) is 5.22. The molecule has 1 fully saturated rings. The smallest absolute Gasteiger partial charge is 0.166 e. The molecule has 0 atom stereocenters. The summed E-state index contributed by atoms with van der Waals surface area (Å²) in [6.45, 7) is 6.97. The van der Waals surface area contributed by atoms with Crippen LogP contribution >= 0.6 is 0 Å². The van der Waals surface area contributed by atoms with Crippen LogP contribution in [0, 0.1) is 6.92 Å². The van der Waals surface area contributed by atoms with E-state index in [0.29, 0.717) is 0 Å². The van der Waals surface area contributed by atoms with Gasteiger partial charge in [0.1, 0.15) is 0 Å². The number of ether oxygens (including phenoxy) is 1. The van der Waals surface area contributed by atoms with Crippen molar-refractivity contribution in [3.63, 3.8) is 0 Å². The van der Waals surface area contributed by atoms with Crippen LogP contribution in [-0.2, 0) is 18.2 Å². The summed E-state index contributed by atoms with van der Waals surface area (Å²) in [6, 6.07) is 0. The zero-order valence-corrected chi connectivity index (χ0v) is 11.3. The molecule has 1 aromatic heterocycles. The number of hydrogen-bond acceptors (Lipinski definition) is 3. The molecule has 1 saturated heterocycles. The molecule has 100 valence electrons. The van der Waals surface area contributed by atoms with Gasteiger partial charge in [0.15, 0.2) is 6.29 Å². The maximum atomic E-state index is 10.9. The Bertz CT molecular complexity index is 406. The monoisotopic (exact) mass is 250 g/mol. The molecule has 0 saturated carbocycles. The largest absolute Gasteiger partial charge is 0.379 e. The van der Waals surface area contributed by atoms with Crippen LogP contribution in [0.25, 0.3) is 0 Å². The highest BCUT2D eigenvalue weighted by molar-refractivity contribution is 5.75. The number of aromatic nitrogens is 1. The van der Waals surface area contributed by atoms with Crippen LogP contribution in [0.4, 0.5) is 0 Å². The molecule has 2 heterocycles. The molecule has 0 bridgehead atoms. The molecule has 2 rings (SSSR count). The predicted octanol–water partition coefficient (Wildman–Crippen LogP) is 1.41. The number of carbonyl (C=O) groups is 1. The molecule has 4 heteroatoms. The molecule has 0 aromatic carbocycles. The van der Waals surface area contributed by atoms with Crippen LogP contribution in [0.2, 0.25) is 0 Å². The lowest BCUT2D eigenvalue weighted by atomic mass is 10.1. The second-order valence-electron chi connectivity index (χ2n) is 4.95. The Labute approximate surface area is 109 Å². The molecule has 0 N–H and O–H groups in total. The van der Waals surface area contributed by atoms with Gasteiger partial charge in [0, 0.05) is 26.3 Å². The summed E-state index contributed by atoms with van der Waals surface area (Å²) in [5, 5.41) is 0. The van der Waals surface area contributed by atoms with Gasteiger partial charge in [0.2, 0.25) is 0 Å². The fourth-order valence-corrected chi connectivity index (χ4v) is 2.57. The number of rotatable bonds is 5. The molecule has 1 aliphatic heterocycles. The third-order valence-electron chi connectivity index (χ3n) is 3.73. The quantitative estimate of drug-likeness (QED) is 0.741. The Morgan fingerprint density at radius 3 is 2.72 bits per heavy atom. The van der Waals surface area contributed by atoms with Gasteiger partial charge in [-0.1, -0.05) is 0 Å². The Balaban J connectivity index is 1.84. The van der Waals surface area contributed by atoms with E-state index in [-0.39, 0.29) is 0 Å². The van der Waals surface area contributed by atoms with Gasteiger partial charge in [0.25, 0.3) is 0 Å². The zero-order chi connectivity index (χ0) is 13.0. The number of aryl methyl sites for hydroxylation is 2. The highest BCUT2D eigenvalue weighted by atomic mass is 16.5. The summed E-state index contributed by atoms with van der Waals surface area (Å²) in [4.78, 5) is 13.4. The number of hydrogen-bond donors (Lipinski definition) is 0. The van der Waals surface area contributed by atoms with Crippen molar-refractivity contribution >= 4 is 6.29 Å². The van der Waals surface area contributed by atoms with Crippen molar-refractivity contribution in [2.24, 2.45) is 7.05 Å². The molecule has 1 aliphatic rings. The Morgan fingerprint density at radius 1 is 1.39 bits per heavy atom. The standard InChI is InChI=1S/C14H22N2O2/c1-12-13(10-15(2)14(12)11-17)4-3-5-16-6-8-18-9-7-16/h10-11H,3-9H2,1-2H3. The van der Waals surface area contributed by atoms with E-state index in [4.69, 9.17) is 4.74 Å². The first kappa shape index (κ1) is 13.3. The summed E-state index contributed by atoms with van der Waals surface area (Å²) in [5.74, 6) is 0. The topological polar surface area (TPSA) is 34.5 Å². The molecule has 0 unspecified atom stereocenters. The van der Waals surface area contributed by atoms with Crippen molar-refractivity contribution < 1.29 is 9.53 Å². The number of nitrogens with zero attached hydrogens (tertiary/aromatic N) is 2. The minimum atomic E-state index is 0.802. The van der Waals surface area contributed by atoms with E-state index in [0.717, 1.165) is 63.2 Å². The van der Waals surface area contributed by atoms with Crippen LogP contribution in [-0.4, -0.2) is 48.6 Å². The van der Waals surface area contributed by atoms with Crippen molar-refractivity contribution in [2.45, 2.75) is 19.8 Å². The van der Waals surface area contributed by atoms with Crippen molar-refractivity contribution in [3.05, 3.63) is 23.0 Å². The highest BCUT2D eigenvalue weighted by Gasteiger charge is 2.12. The fraction of sp³-hybridized carbons (Fsp3) is 0.643. The highest BCUT2D eigenvalue weighted by Crippen LogP contribution is 2.16. The van der Waals surface area contributed by atoms with E-state index in [1.54, 1.807) is 0 Å². The molecule has 0 radical (unpaired) electrons. The third kappa shape index (κ3) is 3.00. The second-order valence-corrected chi connectivity index (χ2v) is 4.95. The molecular formula is C14H22N2O2. The van der Waals surface area contributed by atoms with E-state index >= 15 is 0 Å². The molecule has 0 spiro atoms.